The van der Waals surface area contributed by atoms with Crippen molar-refractivity contribution in [2.45, 2.75) is 6.92 Å². The van der Waals surface area contributed by atoms with Crippen molar-refractivity contribution >= 4 is 65.0 Å². The zero-order chi connectivity index (χ0) is 17.2. The van der Waals surface area contributed by atoms with Gasteiger partial charge in [0.2, 0.25) is 4.62 Å². The van der Waals surface area contributed by atoms with Gasteiger partial charge in [-0.25, -0.2) is 0 Å². The van der Waals surface area contributed by atoms with Crippen LogP contribution in [0.5, 0.6) is 0 Å². The van der Waals surface area contributed by atoms with Crippen molar-refractivity contribution in [2.75, 3.05) is 0 Å². The molecule has 0 saturated heterocycles. The predicted molar refractivity (Wildman–Crippen MR) is 104 cm³/mol. The third-order valence-corrected chi connectivity index (χ3v) is 5.95. The number of benzene rings is 1. The SMILES string of the molecule is Cc1cc(Br)cc(C2=C3C=CC(Br)=[N+]3[B-](F)(F)n3c(Br)ccc32)c1. The highest BCUT2D eigenvalue weighted by molar-refractivity contribution is 9.18. The maximum absolute atomic E-state index is 15.1. The fraction of sp³-hybridized carbons (Fsp3) is 0.0625. The lowest BCUT2D eigenvalue weighted by molar-refractivity contribution is -0.358. The van der Waals surface area contributed by atoms with Crippen LogP contribution in [0, 0.1) is 6.92 Å². The van der Waals surface area contributed by atoms with E-state index in [1.54, 1.807) is 24.3 Å². The summed E-state index contributed by atoms with van der Waals surface area (Å²) in [6.07, 6.45) is 3.39. The summed E-state index contributed by atoms with van der Waals surface area (Å²) in [4.78, 5) is 0. The number of nitrogens with zero attached hydrogens (tertiary/aromatic N) is 2. The molecule has 0 amide bonds. The van der Waals surface area contributed by atoms with Crippen LogP contribution >= 0.6 is 47.8 Å². The topological polar surface area (TPSA) is 7.94 Å². The third-order valence-electron chi connectivity index (χ3n) is 4.20. The lowest BCUT2D eigenvalue weighted by Gasteiger charge is -2.32. The highest BCUT2D eigenvalue weighted by atomic mass is 79.9. The number of hydrogen-bond donors (Lipinski definition) is 0. The Balaban J connectivity index is 2.12. The van der Waals surface area contributed by atoms with Gasteiger partial charge in [-0.1, -0.05) is 22.0 Å². The lowest BCUT2D eigenvalue weighted by atomic mass is 9.86. The molecule has 4 rings (SSSR count). The molecular weight excluding hydrogens is 509 g/mol. The van der Waals surface area contributed by atoms with E-state index >= 15 is 8.63 Å². The van der Waals surface area contributed by atoms with Gasteiger partial charge in [-0.3, -0.25) is 0 Å². The predicted octanol–water partition coefficient (Wildman–Crippen LogP) is 5.69. The summed E-state index contributed by atoms with van der Waals surface area (Å²) in [6, 6.07) is 9.35. The fourth-order valence-corrected chi connectivity index (χ4v) is 5.06. The molecule has 1 aromatic heterocycles. The molecular formula is C16H10BBr3F2N2. The van der Waals surface area contributed by atoms with E-state index in [0.717, 1.165) is 30.1 Å². The molecule has 0 spiro atoms. The molecule has 0 fully saturated rings. The molecule has 2 aromatic rings. The second-order valence-corrected chi connectivity index (χ2v) is 8.34. The Hall–Kier alpha value is -0.985. The van der Waals surface area contributed by atoms with Crippen LogP contribution in [0.15, 0.2) is 57.3 Å². The Labute approximate surface area is 163 Å². The number of aryl methyl sites for hydroxylation is 1. The summed E-state index contributed by atoms with van der Waals surface area (Å²) in [6.45, 7) is -1.99. The van der Waals surface area contributed by atoms with E-state index in [2.05, 4.69) is 47.8 Å². The summed E-state index contributed by atoms with van der Waals surface area (Å²) in [5.41, 5.74) is 3.74. The van der Waals surface area contributed by atoms with Crippen molar-refractivity contribution in [2.24, 2.45) is 0 Å². The van der Waals surface area contributed by atoms with Crippen molar-refractivity contribution in [3.63, 3.8) is 0 Å². The number of hydrogen-bond acceptors (Lipinski definition) is 0. The van der Waals surface area contributed by atoms with Gasteiger partial charge < -0.3 is 17.6 Å². The number of fused-ring (bicyclic) bond motifs is 2. The maximum Gasteiger partial charge on any atom is 0.738 e. The van der Waals surface area contributed by atoms with Crippen LogP contribution in [-0.4, -0.2) is 20.6 Å². The van der Waals surface area contributed by atoms with Gasteiger partial charge in [0.15, 0.2) is 5.70 Å². The molecule has 122 valence electrons. The van der Waals surface area contributed by atoms with Gasteiger partial charge >= 0.3 is 6.97 Å². The third kappa shape index (κ3) is 2.26. The van der Waals surface area contributed by atoms with Crippen LogP contribution in [0.1, 0.15) is 16.8 Å². The normalized spacial score (nSPS) is 18.2. The van der Waals surface area contributed by atoms with Crippen molar-refractivity contribution in [1.29, 1.82) is 0 Å². The summed E-state index contributed by atoms with van der Waals surface area (Å²) in [7, 11) is 0. The maximum atomic E-state index is 15.1. The summed E-state index contributed by atoms with van der Waals surface area (Å²) in [5, 5.41) is 0. The Morgan fingerprint density at radius 2 is 1.79 bits per heavy atom. The molecule has 0 saturated carbocycles. The largest absolute Gasteiger partial charge is 0.738 e. The van der Waals surface area contributed by atoms with Gasteiger partial charge in [0.25, 0.3) is 0 Å². The molecule has 2 aliphatic rings. The first-order valence-electron chi connectivity index (χ1n) is 7.22. The molecule has 0 radical (unpaired) electrons. The highest BCUT2D eigenvalue weighted by Gasteiger charge is 2.54. The van der Waals surface area contributed by atoms with Gasteiger partial charge in [-0.2, -0.15) is 0 Å². The van der Waals surface area contributed by atoms with E-state index in [1.807, 2.05) is 25.1 Å². The second kappa shape index (κ2) is 5.51. The molecule has 2 nitrogen and oxygen atoms in total. The van der Waals surface area contributed by atoms with E-state index < -0.39 is 6.97 Å². The first kappa shape index (κ1) is 16.5. The zero-order valence-corrected chi connectivity index (χ0v) is 17.2. The molecule has 0 aliphatic carbocycles. The van der Waals surface area contributed by atoms with Gasteiger partial charge in [0, 0.05) is 38.2 Å². The monoisotopic (exact) mass is 516 g/mol. The van der Waals surface area contributed by atoms with E-state index in [4.69, 9.17) is 0 Å². The van der Waals surface area contributed by atoms with Crippen molar-refractivity contribution in [3.05, 3.63) is 74.1 Å². The number of aromatic nitrogens is 1. The molecule has 8 heteroatoms. The van der Waals surface area contributed by atoms with Crippen LogP contribution in [0.4, 0.5) is 8.63 Å². The van der Waals surface area contributed by atoms with Gasteiger partial charge in [0.05, 0.1) is 10.2 Å². The van der Waals surface area contributed by atoms with Crippen LogP contribution in [-0.2, 0) is 0 Å². The molecule has 0 unspecified atom stereocenters. The van der Waals surface area contributed by atoms with Crippen LogP contribution in [0.25, 0.3) is 5.57 Å². The van der Waals surface area contributed by atoms with Crippen molar-refractivity contribution in [1.82, 2.24) is 4.48 Å². The van der Waals surface area contributed by atoms with Crippen LogP contribution < -0.4 is 0 Å². The first-order chi connectivity index (χ1) is 11.3. The highest BCUT2D eigenvalue weighted by Crippen LogP contribution is 2.42. The van der Waals surface area contributed by atoms with E-state index in [9.17, 15) is 0 Å². The Morgan fingerprint density at radius 1 is 1.04 bits per heavy atom. The van der Waals surface area contributed by atoms with Gasteiger partial charge in [-0.15, -0.1) is 0 Å². The molecule has 24 heavy (non-hydrogen) atoms. The first-order valence-corrected chi connectivity index (χ1v) is 9.60. The minimum atomic E-state index is -3.97. The summed E-state index contributed by atoms with van der Waals surface area (Å²) < 4.78 is 34.0. The molecule has 0 atom stereocenters. The second-order valence-electron chi connectivity index (χ2n) is 5.80. The minimum Gasteiger partial charge on any atom is -0.389 e. The number of rotatable bonds is 1. The summed E-state index contributed by atoms with van der Waals surface area (Å²) >= 11 is 10.0. The van der Waals surface area contributed by atoms with Crippen molar-refractivity contribution in [3.8, 4) is 0 Å². The minimum absolute atomic E-state index is 0.359. The Morgan fingerprint density at radius 3 is 2.50 bits per heavy atom. The molecule has 3 heterocycles. The van der Waals surface area contributed by atoms with E-state index in [-0.39, 0.29) is 0 Å². The van der Waals surface area contributed by atoms with Gasteiger partial charge in [0.1, 0.15) is 0 Å². The van der Waals surface area contributed by atoms with Crippen LogP contribution in [0.2, 0.25) is 0 Å². The quantitative estimate of drug-likeness (QED) is 0.429. The molecule has 1 aromatic carbocycles. The molecule has 0 N–H and O–H groups in total. The summed E-state index contributed by atoms with van der Waals surface area (Å²) in [5.74, 6) is 0. The average molecular weight is 519 g/mol. The lowest BCUT2D eigenvalue weighted by Crippen LogP contribution is -2.50. The number of allylic oxidation sites excluding steroid dienone is 2. The van der Waals surface area contributed by atoms with Crippen LogP contribution in [0.3, 0.4) is 0 Å². The average Bonchev–Trinajstić information content (AvgIpc) is 3.03. The van der Waals surface area contributed by atoms with Crippen molar-refractivity contribution < 1.29 is 13.1 Å². The van der Waals surface area contributed by atoms with E-state index in [1.165, 1.54) is 0 Å². The van der Waals surface area contributed by atoms with E-state index in [0.29, 0.717) is 20.6 Å². The Kier molecular flexibility index (Phi) is 3.78. The standard InChI is InChI=1S/C16H10BBr3F2N2/c1-9-6-10(8-11(18)7-9)16-12-2-4-14(19)23(12)17(21,22)24-13(16)3-5-15(24)20/h2-8H,1H3. The fourth-order valence-electron chi connectivity index (χ4n) is 3.31. The number of halogens is 5. The zero-order valence-electron chi connectivity index (χ0n) is 12.4. The molecule has 0 bridgehead atoms. The Bertz CT molecular complexity index is 969. The smallest absolute Gasteiger partial charge is 0.389 e. The van der Waals surface area contributed by atoms with Gasteiger partial charge in [-0.05, 0) is 58.2 Å². The molecule has 2 aliphatic heterocycles.